The molecule has 180 valence electrons. The summed E-state index contributed by atoms with van der Waals surface area (Å²) in [5.41, 5.74) is 2.47. The summed E-state index contributed by atoms with van der Waals surface area (Å²) in [5.74, 6) is -0.117. The Hall–Kier alpha value is -4.16. The van der Waals surface area contributed by atoms with Gasteiger partial charge in [-0.1, -0.05) is 0 Å². The standard InChI is InChI=1S/C22H19F3N8O2/c23-22(24,25)35-17-2-1-6-33-16(17)8-14(31-33)20-19-13(28-11-29-19)5-7-32(20)18-10-26-15(9-27-18)21(34)30-12-3-4-12/h1-2,6,8-12,20H,3-5,7H2,(H,28,29)(H,30,34)/t20-/m0/s1. The number of nitrogens with one attached hydrogen (secondary N) is 2. The van der Waals surface area contributed by atoms with Crippen molar-refractivity contribution in [1.29, 1.82) is 0 Å². The Balaban J connectivity index is 1.37. The van der Waals surface area contributed by atoms with Crippen LogP contribution < -0.4 is 15.0 Å². The van der Waals surface area contributed by atoms with Gasteiger partial charge in [0.1, 0.15) is 23.1 Å². The van der Waals surface area contributed by atoms with Crippen LogP contribution in [0, 0.1) is 0 Å². The smallest absolute Gasteiger partial charge is 0.403 e. The Kier molecular flexibility index (Phi) is 4.86. The number of hydrogen-bond acceptors (Lipinski definition) is 7. The molecule has 6 rings (SSSR count). The Bertz CT molecular complexity index is 1390. The number of ether oxygens (including phenoxy) is 1. The van der Waals surface area contributed by atoms with Crippen molar-refractivity contribution in [2.45, 2.75) is 37.7 Å². The van der Waals surface area contributed by atoms with E-state index in [9.17, 15) is 18.0 Å². The quantitative estimate of drug-likeness (QED) is 0.448. The highest BCUT2D eigenvalue weighted by atomic mass is 19.4. The molecule has 5 heterocycles. The van der Waals surface area contributed by atoms with Crippen LogP contribution in [0.25, 0.3) is 5.52 Å². The van der Waals surface area contributed by atoms with Crippen LogP contribution in [0.15, 0.2) is 43.1 Å². The van der Waals surface area contributed by atoms with Crippen LogP contribution in [-0.2, 0) is 6.42 Å². The summed E-state index contributed by atoms with van der Waals surface area (Å²) in [7, 11) is 0. The SMILES string of the molecule is O=C(NC1CC1)c1cnc(N2CCc3nc[nH]c3[C@@H]2c2cc3c(OC(F)(F)F)cccn3n2)cn1. The highest BCUT2D eigenvalue weighted by Crippen LogP contribution is 2.37. The maximum absolute atomic E-state index is 12.9. The molecular formula is C22H19F3N8O2. The van der Waals surface area contributed by atoms with E-state index in [0.717, 1.165) is 24.2 Å². The molecule has 2 aliphatic rings. The molecule has 1 saturated carbocycles. The Morgan fingerprint density at radius 3 is 2.80 bits per heavy atom. The van der Waals surface area contributed by atoms with E-state index in [1.54, 1.807) is 18.6 Å². The summed E-state index contributed by atoms with van der Waals surface area (Å²) in [6.45, 7) is 0.518. The number of carbonyl (C=O) groups excluding carboxylic acids is 1. The van der Waals surface area contributed by atoms with Gasteiger partial charge in [0.2, 0.25) is 0 Å². The van der Waals surface area contributed by atoms with Crippen LogP contribution in [0.3, 0.4) is 0 Å². The van der Waals surface area contributed by atoms with Gasteiger partial charge in [0, 0.05) is 25.2 Å². The van der Waals surface area contributed by atoms with Crippen LogP contribution in [0.4, 0.5) is 19.0 Å². The zero-order valence-electron chi connectivity index (χ0n) is 18.2. The molecule has 1 aliphatic carbocycles. The van der Waals surface area contributed by atoms with Gasteiger partial charge in [0.15, 0.2) is 5.75 Å². The zero-order chi connectivity index (χ0) is 24.2. The second kappa shape index (κ2) is 7.96. The number of anilines is 1. The van der Waals surface area contributed by atoms with Crippen LogP contribution in [-0.4, -0.2) is 54.4 Å². The minimum Gasteiger partial charge on any atom is -0.403 e. The molecule has 0 spiro atoms. The van der Waals surface area contributed by atoms with Crippen molar-refractivity contribution in [2.24, 2.45) is 0 Å². The third kappa shape index (κ3) is 4.13. The lowest BCUT2D eigenvalue weighted by Gasteiger charge is -2.34. The number of hydrogen-bond donors (Lipinski definition) is 2. The molecule has 1 atom stereocenters. The molecule has 1 aliphatic heterocycles. The predicted molar refractivity (Wildman–Crippen MR) is 116 cm³/mol. The Morgan fingerprint density at radius 2 is 2.06 bits per heavy atom. The van der Waals surface area contributed by atoms with Crippen LogP contribution in [0.1, 0.15) is 46.5 Å². The van der Waals surface area contributed by atoms with Crippen molar-refractivity contribution >= 4 is 17.2 Å². The summed E-state index contributed by atoms with van der Waals surface area (Å²) in [6.07, 6.45) is 3.79. The minimum atomic E-state index is -4.83. The molecule has 13 heteroatoms. The summed E-state index contributed by atoms with van der Waals surface area (Å²) in [6, 6.07) is 3.92. The maximum atomic E-state index is 12.9. The van der Waals surface area contributed by atoms with Gasteiger partial charge in [-0.05, 0) is 31.0 Å². The van der Waals surface area contributed by atoms with Crippen LogP contribution in [0.5, 0.6) is 5.75 Å². The topological polar surface area (TPSA) is 113 Å². The third-order valence-corrected chi connectivity index (χ3v) is 5.99. The van der Waals surface area contributed by atoms with Crippen molar-refractivity contribution in [2.75, 3.05) is 11.4 Å². The first kappa shape index (κ1) is 21.4. The lowest BCUT2D eigenvalue weighted by atomic mass is 10.00. The fourth-order valence-electron chi connectivity index (χ4n) is 4.26. The number of amides is 1. The van der Waals surface area contributed by atoms with E-state index in [1.807, 2.05) is 4.90 Å². The molecule has 0 unspecified atom stereocenters. The van der Waals surface area contributed by atoms with Crippen LogP contribution in [0.2, 0.25) is 0 Å². The molecule has 35 heavy (non-hydrogen) atoms. The number of fused-ring (bicyclic) bond motifs is 2. The molecule has 1 amide bonds. The van der Waals surface area contributed by atoms with Crippen molar-refractivity contribution < 1.29 is 22.7 Å². The molecule has 0 aromatic carbocycles. The first-order chi connectivity index (χ1) is 16.9. The lowest BCUT2D eigenvalue weighted by molar-refractivity contribution is -0.274. The van der Waals surface area contributed by atoms with Gasteiger partial charge in [-0.2, -0.15) is 5.10 Å². The van der Waals surface area contributed by atoms with Gasteiger partial charge in [0.25, 0.3) is 5.91 Å². The highest BCUT2D eigenvalue weighted by molar-refractivity contribution is 5.92. The number of alkyl halides is 3. The molecule has 0 radical (unpaired) electrons. The van der Waals surface area contributed by atoms with Gasteiger partial charge >= 0.3 is 6.36 Å². The van der Waals surface area contributed by atoms with Gasteiger partial charge in [-0.25, -0.2) is 19.5 Å². The number of carbonyl (C=O) groups is 1. The summed E-state index contributed by atoms with van der Waals surface area (Å²) < 4.78 is 44.3. The number of imidazole rings is 1. The predicted octanol–water partition coefficient (Wildman–Crippen LogP) is 2.79. The van der Waals surface area contributed by atoms with E-state index >= 15 is 0 Å². The first-order valence-electron chi connectivity index (χ1n) is 11.0. The monoisotopic (exact) mass is 484 g/mol. The first-order valence-corrected chi connectivity index (χ1v) is 11.0. The largest absolute Gasteiger partial charge is 0.573 e. The van der Waals surface area contributed by atoms with Gasteiger partial charge in [-0.3, -0.25) is 4.79 Å². The van der Waals surface area contributed by atoms with Crippen molar-refractivity contribution in [1.82, 2.24) is 34.9 Å². The van der Waals surface area contributed by atoms with E-state index in [0.29, 0.717) is 24.5 Å². The number of aromatic amines is 1. The van der Waals surface area contributed by atoms with E-state index in [-0.39, 0.29) is 28.9 Å². The fourth-order valence-corrected chi connectivity index (χ4v) is 4.26. The normalized spacial score (nSPS) is 17.9. The maximum Gasteiger partial charge on any atom is 0.573 e. The summed E-state index contributed by atoms with van der Waals surface area (Å²) in [5, 5.41) is 7.41. The molecule has 10 nitrogen and oxygen atoms in total. The molecular weight excluding hydrogens is 465 g/mol. The van der Waals surface area contributed by atoms with Gasteiger partial charge in [-0.15, -0.1) is 13.2 Å². The average molecular weight is 484 g/mol. The van der Waals surface area contributed by atoms with E-state index in [1.165, 1.54) is 29.0 Å². The van der Waals surface area contributed by atoms with E-state index < -0.39 is 12.4 Å². The Morgan fingerprint density at radius 1 is 1.20 bits per heavy atom. The molecule has 2 N–H and O–H groups in total. The molecule has 4 aromatic heterocycles. The minimum absolute atomic E-state index is 0.171. The lowest BCUT2D eigenvalue weighted by Crippen LogP contribution is -2.37. The third-order valence-electron chi connectivity index (χ3n) is 5.99. The number of H-pyrrole nitrogens is 1. The number of rotatable bonds is 5. The Labute approximate surface area is 196 Å². The van der Waals surface area contributed by atoms with Gasteiger partial charge < -0.3 is 19.9 Å². The molecule has 1 fully saturated rings. The van der Waals surface area contributed by atoms with E-state index in [2.05, 4.69) is 35.1 Å². The molecule has 0 saturated heterocycles. The molecule has 4 aromatic rings. The fraction of sp³-hybridized carbons (Fsp3) is 0.318. The van der Waals surface area contributed by atoms with Crippen molar-refractivity contribution in [3.8, 4) is 5.75 Å². The number of halogens is 3. The molecule has 0 bridgehead atoms. The second-order valence-electron chi connectivity index (χ2n) is 8.44. The van der Waals surface area contributed by atoms with E-state index in [4.69, 9.17) is 0 Å². The zero-order valence-corrected chi connectivity index (χ0v) is 18.2. The van der Waals surface area contributed by atoms with Gasteiger partial charge in [0.05, 0.1) is 35.8 Å². The van der Waals surface area contributed by atoms with Crippen LogP contribution >= 0.6 is 0 Å². The number of nitrogens with zero attached hydrogens (tertiary/aromatic N) is 6. The number of pyridine rings is 1. The second-order valence-corrected chi connectivity index (χ2v) is 8.44. The average Bonchev–Trinajstić information content (AvgIpc) is 3.33. The summed E-state index contributed by atoms with van der Waals surface area (Å²) in [4.78, 5) is 30.5. The number of aromatic nitrogens is 6. The van der Waals surface area contributed by atoms with Crippen molar-refractivity contribution in [3.63, 3.8) is 0 Å². The highest BCUT2D eigenvalue weighted by Gasteiger charge is 2.36. The summed E-state index contributed by atoms with van der Waals surface area (Å²) >= 11 is 0. The van der Waals surface area contributed by atoms with Crippen molar-refractivity contribution in [3.05, 3.63) is 65.9 Å².